The Hall–Kier alpha value is -1.28. The van der Waals surface area contributed by atoms with Crippen molar-refractivity contribution in [3.8, 4) is 0 Å². The summed E-state index contributed by atoms with van der Waals surface area (Å²) in [7, 11) is -3.69. The largest absolute Gasteiger partial charge is 0.393 e. The smallest absolute Gasteiger partial charge is 0.216 e. The van der Waals surface area contributed by atoms with Crippen LogP contribution >= 0.6 is 11.3 Å². The minimum absolute atomic E-state index is 0.0686. The molecule has 0 aliphatic heterocycles. The molecule has 7 heteroatoms. The van der Waals surface area contributed by atoms with Crippen LogP contribution in [0.25, 0.3) is 0 Å². The van der Waals surface area contributed by atoms with E-state index >= 15 is 0 Å². The first-order valence-corrected chi connectivity index (χ1v) is 9.92. The molecule has 3 rings (SSSR count). The highest BCUT2D eigenvalue weighted by molar-refractivity contribution is 7.88. The van der Waals surface area contributed by atoms with Crippen molar-refractivity contribution in [1.82, 2.24) is 4.72 Å². The molecule has 1 aliphatic carbocycles. The average Bonchev–Trinajstić information content (AvgIpc) is 2.98. The minimum atomic E-state index is -3.69. The molecule has 1 unspecified atom stereocenters. The highest BCUT2D eigenvalue weighted by atomic mass is 32.2. The third-order valence-electron chi connectivity index (χ3n) is 4.08. The van der Waals surface area contributed by atoms with Crippen LogP contribution in [0.4, 0.5) is 4.39 Å². The zero-order chi connectivity index (χ0) is 16.4. The maximum absolute atomic E-state index is 13.7. The predicted octanol–water partition coefficient (Wildman–Crippen LogP) is 2.82. The fourth-order valence-corrected chi connectivity index (χ4v) is 5.19. The molecule has 2 N–H and O–H groups in total. The molecule has 1 aliphatic rings. The van der Waals surface area contributed by atoms with E-state index in [0.717, 1.165) is 4.88 Å². The summed E-state index contributed by atoms with van der Waals surface area (Å²) in [5.41, 5.74) is 0.151. The standard InChI is InChI=1S/C16H18FNO3S2/c17-14-5-2-1-4-11(14)10-23(20,21)18-16(12-8-13(19)9-12)15-6-3-7-22-15/h1-7,12-13,16,18-19H,8-10H2. The summed E-state index contributed by atoms with van der Waals surface area (Å²) in [6, 6.07) is 9.26. The number of rotatable bonds is 6. The molecule has 23 heavy (non-hydrogen) atoms. The van der Waals surface area contributed by atoms with Gasteiger partial charge < -0.3 is 5.11 Å². The summed E-state index contributed by atoms with van der Waals surface area (Å²) in [5.74, 6) is -0.847. The number of aliphatic hydroxyl groups is 1. The molecule has 0 amide bonds. The van der Waals surface area contributed by atoms with Crippen molar-refractivity contribution in [2.45, 2.75) is 30.7 Å². The Labute approximate surface area is 139 Å². The molecule has 1 heterocycles. The maximum atomic E-state index is 13.7. The molecular weight excluding hydrogens is 337 g/mol. The summed E-state index contributed by atoms with van der Waals surface area (Å²) in [4.78, 5) is 0.916. The molecule has 1 aromatic carbocycles. The van der Waals surface area contributed by atoms with Crippen molar-refractivity contribution < 1.29 is 17.9 Å². The van der Waals surface area contributed by atoms with Crippen molar-refractivity contribution in [3.05, 3.63) is 58.0 Å². The van der Waals surface area contributed by atoms with Gasteiger partial charge in [0.15, 0.2) is 0 Å². The van der Waals surface area contributed by atoms with E-state index in [1.807, 2.05) is 17.5 Å². The lowest BCUT2D eigenvalue weighted by molar-refractivity contribution is 0.0285. The Morgan fingerprint density at radius 3 is 2.61 bits per heavy atom. The van der Waals surface area contributed by atoms with Gasteiger partial charge in [-0.25, -0.2) is 17.5 Å². The van der Waals surface area contributed by atoms with Gasteiger partial charge in [-0.2, -0.15) is 0 Å². The van der Waals surface area contributed by atoms with E-state index in [9.17, 15) is 17.9 Å². The second kappa shape index (κ2) is 6.68. The van der Waals surface area contributed by atoms with Crippen LogP contribution < -0.4 is 4.72 Å². The number of nitrogens with one attached hydrogen (secondary N) is 1. The Bertz CT molecular complexity index is 755. The summed E-state index contributed by atoms with van der Waals surface area (Å²) < 4.78 is 41.3. The Balaban J connectivity index is 1.77. The number of sulfonamides is 1. The summed E-state index contributed by atoms with van der Waals surface area (Å²) in [5, 5.41) is 11.4. The fourth-order valence-electron chi connectivity index (χ4n) is 2.81. The van der Waals surface area contributed by atoms with Crippen LogP contribution in [0.1, 0.15) is 29.3 Å². The molecule has 4 nitrogen and oxygen atoms in total. The average molecular weight is 355 g/mol. The lowest BCUT2D eigenvalue weighted by atomic mass is 9.77. The van der Waals surface area contributed by atoms with Gasteiger partial charge in [0.25, 0.3) is 0 Å². The second-order valence-electron chi connectivity index (χ2n) is 5.85. The Kier molecular flexibility index (Phi) is 4.82. The van der Waals surface area contributed by atoms with Gasteiger partial charge in [-0.3, -0.25) is 0 Å². The van der Waals surface area contributed by atoms with E-state index in [1.165, 1.54) is 29.5 Å². The molecule has 1 saturated carbocycles. The van der Waals surface area contributed by atoms with Gasteiger partial charge in [0.05, 0.1) is 17.9 Å². The topological polar surface area (TPSA) is 66.4 Å². The molecule has 1 atom stereocenters. The van der Waals surface area contributed by atoms with Gasteiger partial charge in [0.2, 0.25) is 10.0 Å². The maximum Gasteiger partial charge on any atom is 0.216 e. The third-order valence-corrected chi connectivity index (χ3v) is 6.34. The molecule has 124 valence electrons. The van der Waals surface area contributed by atoms with E-state index in [2.05, 4.69) is 4.72 Å². The lowest BCUT2D eigenvalue weighted by Gasteiger charge is -2.37. The number of halogens is 1. The fraction of sp³-hybridized carbons (Fsp3) is 0.375. The number of benzene rings is 1. The van der Waals surface area contributed by atoms with E-state index in [-0.39, 0.29) is 23.6 Å². The van der Waals surface area contributed by atoms with Crippen LogP contribution in [0, 0.1) is 11.7 Å². The van der Waals surface area contributed by atoms with Crippen LogP contribution in [0.3, 0.4) is 0 Å². The lowest BCUT2D eigenvalue weighted by Crippen LogP contribution is -2.41. The summed E-state index contributed by atoms with van der Waals surface area (Å²) >= 11 is 1.48. The molecule has 0 saturated heterocycles. The van der Waals surface area contributed by atoms with Crippen LogP contribution in [0.5, 0.6) is 0 Å². The zero-order valence-corrected chi connectivity index (χ0v) is 14.0. The van der Waals surface area contributed by atoms with Crippen molar-refractivity contribution in [1.29, 1.82) is 0 Å². The van der Waals surface area contributed by atoms with Crippen molar-refractivity contribution >= 4 is 21.4 Å². The predicted molar refractivity (Wildman–Crippen MR) is 88.0 cm³/mol. The quantitative estimate of drug-likeness (QED) is 0.837. The van der Waals surface area contributed by atoms with Crippen LogP contribution in [-0.2, 0) is 15.8 Å². The first kappa shape index (κ1) is 16.6. The minimum Gasteiger partial charge on any atom is -0.393 e. The van der Waals surface area contributed by atoms with Crippen LogP contribution in [0.2, 0.25) is 0 Å². The van der Waals surface area contributed by atoms with Gasteiger partial charge in [-0.15, -0.1) is 11.3 Å². The van der Waals surface area contributed by atoms with Gasteiger partial charge >= 0.3 is 0 Å². The Morgan fingerprint density at radius 1 is 1.26 bits per heavy atom. The van der Waals surface area contributed by atoms with Gasteiger partial charge in [0.1, 0.15) is 5.82 Å². The number of hydrogen-bond acceptors (Lipinski definition) is 4. The zero-order valence-electron chi connectivity index (χ0n) is 12.4. The first-order valence-electron chi connectivity index (χ1n) is 7.39. The van der Waals surface area contributed by atoms with Gasteiger partial charge in [-0.05, 0) is 36.3 Å². The molecule has 1 fully saturated rings. The van der Waals surface area contributed by atoms with Crippen molar-refractivity contribution in [3.63, 3.8) is 0 Å². The van der Waals surface area contributed by atoms with Crippen molar-refractivity contribution in [2.75, 3.05) is 0 Å². The number of aliphatic hydroxyl groups excluding tert-OH is 1. The normalized spacial score (nSPS) is 22.5. The highest BCUT2D eigenvalue weighted by Gasteiger charge is 2.37. The Morgan fingerprint density at radius 2 is 2.00 bits per heavy atom. The monoisotopic (exact) mass is 355 g/mol. The van der Waals surface area contributed by atoms with Crippen LogP contribution in [-0.4, -0.2) is 19.6 Å². The molecule has 0 radical (unpaired) electrons. The first-order chi connectivity index (χ1) is 10.9. The van der Waals surface area contributed by atoms with E-state index < -0.39 is 21.6 Å². The van der Waals surface area contributed by atoms with Gasteiger partial charge in [0, 0.05) is 10.4 Å². The molecule has 0 bridgehead atoms. The van der Waals surface area contributed by atoms with Gasteiger partial charge in [-0.1, -0.05) is 24.3 Å². The second-order valence-corrected chi connectivity index (χ2v) is 8.58. The molecular formula is C16H18FNO3S2. The summed E-state index contributed by atoms with van der Waals surface area (Å²) in [6.07, 6.45) is 0.786. The highest BCUT2D eigenvalue weighted by Crippen LogP contribution is 2.40. The summed E-state index contributed by atoms with van der Waals surface area (Å²) in [6.45, 7) is 0. The molecule has 2 aromatic rings. The number of thiophene rings is 1. The van der Waals surface area contributed by atoms with E-state index in [1.54, 1.807) is 6.07 Å². The van der Waals surface area contributed by atoms with E-state index in [4.69, 9.17) is 0 Å². The van der Waals surface area contributed by atoms with Crippen LogP contribution in [0.15, 0.2) is 41.8 Å². The SMILES string of the molecule is O=S(=O)(Cc1ccccc1F)NC(c1cccs1)C1CC(O)C1. The van der Waals surface area contributed by atoms with E-state index in [0.29, 0.717) is 12.8 Å². The molecule has 1 aromatic heterocycles. The number of hydrogen-bond donors (Lipinski definition) is 2. The third kappa shape index (κ3) is 3.98. The molecule has 0 spiro atoms. The van der Waals surface area contributed by atoms with Crippen molar-refractivity contribution in [2.24, 2.45) is 5.92 Å².